The highest BCUT2D eigenvalue weighted by Gasteiger charge is 2.51. The highest BCUT2D eigenvalue weighted by molar-refractivity contribution is 5.69. The third-order valence-electron chi connectivity index (χ3n) is 7.31. The maximum absolute atomic E-state index is 10.8. The first-order chi connectivity index (χ1) is 15.8. The number of fused-ring (bicyclic) bond motifs is 1. The van der Waals surface area contributed by atoms with Crippen LogP contribution in [-0.4, -0.2) is 35.3 Å². The van der Waals surface area contributed by atoms with Crippen molar-refractivity contribution < 1.29 is 28.2 Å². The van der Waals surface area contributed by atoms with E-state index in [1.807, 2.05) is 24.3 Å². The number of carbonyl (C=O) groups is 1. The van der Waals surface area contributed by atoms with E-state index in [1.54, 1.807) is 0 Å². The van der Waals surface area contributed by atoms with Crippen molar-refractivity contribution in [1.82, 2.24) is 5.32 Å². The van der Waals surface area contributed by atoms with Gasteiger partial charge in [0.1, 0.15) is 5.75 Å². The van der Waals surface area contributed by atoms with Crippen molar-refractivity contribution in [2.75, 3.05) is 11.9 Å². The summed E-state index contributed by atoms with van der Waals surface area (Å²) in [5, 5.41) is 27.1. The van der Waals surface area contributed by atoms with Crippen LogP contribution in [-0.2, 0) is 23.2 Å². The van der Waals surface area contributed by atoms with E-state index in [0.29, 0.717) is 11.8 Å². The van der Waals surface area contributed by atoms with Gasteiger partial charge >= 0.3 is 6.18 Å². The number of phenolic OH excluding ortho intramolecular Hbond substituents is 1. The number of benzene rings is 2. The zero-order chi connectivity index (χ0) is 23.6. The Balaban J connectivity index is 0.000000385. The molecular weight excluding hydrogens is 433 g/mol. The molecule has 0 unspecified atom stereocenters. The van der Waals surface area contributed by atoms with Crippen LogP contribution in [0.25, 0.3) is 0 Å². The predicted molar refractivity (Wildman–Crippen MR) is 120 cm³/mol. The van der Waals surface area contributed by atoms with E-state index in [9.17, 15) is 23.4 Å². The van der Waals surface area contributed by atoms with Gasteiger partial charge in [-0.2, -0.15) is 13.2 Å². The monoisotopic (exact) mass is 462 g/mol. The lowest BCUT2D eigenvalue weighted by molar-refractivity contribution is -0.156. The molecule has 5 nitrogen and oxygen atoms in total. The summed E-state index contributed by atoms with van der Waals surface area (Å²) in [5.41, 5.74) is 5.64. The van der Waals surface area contributed by atoms with Crippen LogP contribution in [0.4, 0.5) is 24.5 Å². The maximum atomic E-state index is 10.8. The molecule has 178 valence electrons. The summed E-state index contributed by atoms with van der Waals surface area (Å²) < 4.78 is 31.2. The zero-order valence-corrected chi connectivity index (χ0v) is 18.3. The standard InChI is InChI=1S/C23H28N2O2.C2HF3O/c26-14-15-4-6-17(7-5-15)25-21-12-16-11-20-18-3-1-2-8-23(18,9-10-24-20)19(16)13-22(21)27;3-2(4,5)1-6/h4-7,12-13,18,20,24-27H,1-3,8-11,14H2;1H/t18-,20+,23+;/m1./s1. The highest BCUT2D eigenvalue weighted by Crippen LogP contribution is 2.55. The van der Waals surface area contributed by atoms with Crippen LogP contribution in [0.3, 0.4) is 0 Å². The van der Waals surface area contributed by atoms with Gasteiger partial charge < -0.3 is 20.8 Å². The second-order valence-corrected chi connectivity index (χ2v) is 9.19. The lowest BCUT2D eigenvalue weighted by Gasteiger charge is -2.56. The summed E-state index contributed by atoms with van der Waals surface area (Å²) in [6.45, 7) is 1.14. The number of alkyl halides is 3. The second-order valence-electron chi connectivity index (χ2n) is 9.19. The SMILES string of the molecule is O=CC(F)(F)F.OCc1ccc(Nc2cc3c(cc2O)[C@]24CCCC[C@@H]2[C@H](C3)NCC4)cc1. The average Bonchev–Trinajstić information content (AvgIpc) is 2.81. The van der Waals surface area contributed by atoms with E-state index in [0.717, 1.165) is 35.8 Å². The van der Waals surface area contributed by atoms with E-state index in [1.165, 1.54) is 43.2 Å². The smallest absolute Gasteiger partial charge is 0.446 e. The van der Waals surface area contributed by atoms with Gasteiger partial charge in [-0.15, -0.1) is 0 Å². The first kappa shape index (κ1) is 23.6. The van der Waals surface area contributed by atoms with Crippen LogP contribution in [0.2, 0.25) is 0 Å². The number of hydrogen-bond donors (Lipinski definition) is 4. The number of hydrogen-bond acceptors (Lipinski definition) is 5. The van der Waals surface area contributed by atoms with Crippen molar-refractivity contribution in [3.05, 3.63) is 53.1 Å². The quantitative estimate of drug-likeness (QED) is 0.392. The highest BCUT2D eigenvalue weighted by atomic mass is 19.4. The lowest BCUT2D eigenvalue weighted by Crippen LogP contribution is -2.59. The molecule has 0 amide bonds. The Morgan fingerprint density at radius 3 is 2.55 bits per heavy atom. The second kappa shape index (κ2) is 9.35. The third-order valence-corrected chi connectivity index (χ3v) is 7.31. The van der Waals surface area contributed by atoms with Gasteiger partial charge in [0.2, 0.25) is 6.29 Å². The summed E-state index contributed by atoms with van der Waals surface area (Å²) in [6.07, 6.45) is 1.77. The fraction of sp³-hybridized carbons (Fsp3) is 0.480. The number of anilines is 2. The number of nitrogens with one attached hydrogen (secondary N) is 2. The van der Waals surface area contributed by atoms with Crippen molar-refractivity contribution in [3.63, 3.8) is 0 Å². The largest absolute Gasteiger partial charge is 0.506 e. The van der Waals surface area contributed by atoms with Crippen LogP contribution in [0.1, 0.15) is 48.8 Å². The van der Waals surface area contributed by atoms with E-state index in [2.05, 4.69) is 22.8 Å². The van der Waals surface area contributed by atoms with Crippen molar-refractivity contribution in [1.29, 1.82) is 0 Å². The number of aromatic hydroxyl groups is 1. The molecule has 0 aromatic heterocycles. The number of aliphatic hydroxyl groups is 1. The minimum Gasteiger partial charge on any atom is -0.506 e. The molecule has 2 aromatic rings. The molecule has 1 heterocycles. The Kier molecular flexibility index (Phi) is 6.68. The number of carbonyl (C=O) groups excluding carboxylic acids is 1. The molecule has 3 atom stereocenters. The Morgan fingerprint density at radius 2 is 1.88 bits per heavy atom. The summed E-state index contributed by atoms with van der Waals surface area (Å²) in [6, 6.07) is 12.5. The van der Waals surface area contributed by atoms with Gasteiger partial charge in [-0.1, -0.05) is 25.0 Å². The van der Waals surface area contributed by atoms with Gasteiger partial charge in [0.05, 0.1) is 12.3 Å². The summed E-state index contributed by atoms with van der Waals surface area (Å²) in [5.74, 6) is 1.06. The third kappa shape index (κ3) is 4.87. The van der Waals surface area contributed by atoms with Gasteiger partial charge in [0.15, 0.2) is 0 Å². The lowest BCUT2D eigenvalue weighted by atomic mass is 9.53. The van der Waals surface area contributed by atoms with Gasteiger partial charge in [0, 0.05) is 17.1 Å². The zero-order valence-electron chi connectivity index (χ0n) is 18.3. The van der Waals surface area contributed by atoms with Crippen LogP contribution >= 0.6 is 0 Å². The molecule has 0 radical (unpaired) electrons. The number of aliphatic hydroxyl groups excluding tert-OH is 1. The van der Waals surface area contributed by atoms with E-state index in [-0.39, 0.29) is 12.0 Å². The molecule has 33 heavy (non-hydrogen) atoms. The summed E-state index contributed by atoms with van der Waals surface area (Å²) in [7, 11) is 0. The Labute approximate surface area is 191 Å². The molecule has 1 saturated heterocycles. The van der Waals surface area contributed by atoms with E-state index >= 15 is 0 Å². The van der Waals surface area contributed by atoms with Crippen molar-refractivity contribution in [2.24, 2.45) is 5.92 Å². The van der Waals surface area contributed by atoms with E-state index < -0.39 is 12.5 Å². The Morgan fingerprint density at radius 1 is 1.15 bits per heavy atom. The van der Waals surface area contributed by atoms with Gasteiger partial charge in [-0.25, -0.2) is 0 Å². The molecular formula is C25H29F3N2O3. The molecule has 8 heteroatoms. The number of halogens is 3. The fourth-order valence-corrected chi connectivity index (χ4v) is 5.92. The van der Waals surface area contributed by atoms with Gasteiger partial charge in [-0.3, -0.25) is 4.79 Å². The Bertz CT molecular complexity index is 990. The minimum atomic E-state index is -4.64. The maximum Gasteiger partial charge on any atom is 0.446 e. The van der Waals surface area contributed by atoms with E-state index in [4.69, 9.17) is 4.79 Å². The molecule has 0 spiro atoms. The number of aldehydes is 1. The van der Waals surface area contributed by atoms with Crippen molar-refractivity contribution in [3.8, 4) is 5.75 Å². The van der Waals surface area contributed by atoms with Gasteiger partial charge in [-0.05, 0) is 79.1 Å². The average molecular weight is 463 g/mol. The number of phenols is 1. The normalized spacial score (nSPS) is 25.7. The molecule has 1 aliphatic heterocycles. The molecule has 1 saturated carbocycles. The minimum absolute atomic E-state index is 0.0437. The molecule has 5 rings (SSSR count). The Hall–Kier alpha value is -2.58. The predicted octanol–water partition coefficient (Wildman–Crippen LogP) is 4.72. The first-order valence-corrected chi connectivity index (χ1v) is 11.4. The first-order valence-electron chi connectivity index (χ1n) is 11.4. The fourth-order valence-electron chi connectivity index (χ4n) is 5.92. The van der Waals surface area contributed by atoms with Gasteiger partial charge in [0.25, 0.3) is 0 Å². The van der Waals surface area contributed by atoms with Crippen LogP contribution in [0.15, 0.2) is 36.4 Å². The number of piperidine rings is 1. The van der Waals surface area contributed by atoms with Crippen molar-refractivity contribution in [2.45, 2.75) is 62.8 Å². The topological polar surface area (TPSA) is 81.6 Å². The molecule has 2 bridgehead atoms. The summed E-state index contributed by atoms with van der Waals surface area (Å²) in [4.78, 5) is 8.70. The molecule has 4 N–H and O–H groups in total. The summed E-state index contributed by atoms with van der Waals surface area (Å²) >= 11 is 0. The van der Waals surface area contributed by atoms with Crippen LogP contribution in [0, 0.1) is 5.92 Å². The molecule has 2 aromatic carbocycles. The van der Waals surface area contributed by atoms with Crippen LogP contribution in [0.5, 0.6) is 5.75 Å². The molecule has 2 aliphatic carbocycles. The van der Waals surface area contributed by atoms with Crippen molar-refractivity contribution >= 4 is 17.7 Å². The van der Waals surface area contributed by atoms with Crippen LogP contribution < -0.4 is 10.6 Å². The number of rotatable bonds is 3. The molecule has 3 aliphatic rings. The molecule has 2 fully saturated rings.